The van der Waals surface area contributed by atoms with E-state index in [1.54, 1.807) is 0 Å². The van der Waals surface area contributed by atoms with Crippen LogP contribution in [0, 0.1) is 28.5 Å². The summed E-state index contributed by atoms with van der Waals surface area (Å²) in [4.78, 5) is 0. The molecule has 2 nitrogen and oxygen atoms in total. The van der Waals surface area contributed by atoms with Crippen molar-refractivity contribution in [2.75, 3.05) is 0 Å². The van der Waals surface area contributed by atoms with Gasteiger partial charge in [0.2, 0.25) is 0 Å². The van der Waals surface area contributed by atoms with Crippen LogP contribution in [0.4, 0.5) is 4.39 Å². The van der Waals surface area contributed by atoms with E-state index in [0.29, 0.717) is 18.8 Å². The Bertz CT molecular complexity index is 582. The van der Waals surface area contributed by atoms with Gasteiger partial charge in [-0.2, -0.15) is 5.26 Å². The molecule has 0 aromatic heterocycles. The van der Waals surface area contributed by atoms with E-state index in [4.69, 9.17) is 23.2 Å². The zero-order chi connectivity index (χ0) is 15.1. The van der Waals surface area contributed by atoms with Crippen molar-refractivity contribution >= 4 is 23.2 Å². The van der Waals surface area contributed by atoms with Crippen LogP contribution in [-0.2, 0) is 5.60 Å². The molecular formula is C15H16Cl2FNO. The quantitative estimate of drug-likeness (QED) is 0.806. The molecule has 0 heterocycles. The molecule has 2 rings (SSSR count). The molecule has 1 fully saturated rings. The van der Waals surface area contributed by atoms with E-state index in [-0.39, 0.29) is 15.6 Å². The van der Waals surface area contributed by atoms with E-state index >= 15 is 0 Å². The van der Waals surface area contributed by atoms with Gasteiger partial charge in [0.1, 0.15) is 11.4 Å². The SMILES string of the molecule is CC1CCC(C#N)(C(C)(O)c2cc(F)c(Cl)cc2Cl)C1. The van der Waals surface area contributed by atoms with Crippen LogP contribution in [0.3, 0.4) is 0 Å². The van der Waals surface area contributed by atoms with Crippen molar-refractivity contribution < 1.29 is 9.50 Å². The maximum absolute atomic E-state index is 13.7. The van der Waals surface area contributed by atoms with Crippen LogP contribution in [0.1, 0.15) is 38.7 Å². The van der Waals surface area contributed by atoms with Crippen molar-refractivity contribution in [3.8, 4) is 6.07 Å². The van der Waals surface area contributed by atoms with E-state index in [2.05, 4.69) is 6.07 Å². The predicted molar refractivity (Wildman–Crippen MR) is 77.1 cm³/mol. The first-order chi connectivity index (χ1) is 9.23. The molecule has 108 valence electrons. The number of hydrogen-bond donors (Lipinski definition) is 1. The Morgan fingerprint density at radius 2 is 2.10 bits per heavy atom. The van der Waals surface area contributed by atoms with E-state index in [9.17, 15) is 14.8 Å². The van der Waals surface area contributed by atoms with Gasteiger partial charge in [-0.05, 0) is 44.2 Å². The summed E-state index contributed by atoms with van der Waals surface area (Å²) in [7, 11) is 0. The normalized spacial score (nSPS) is 28.9. The van der Waals surface area contributed by atoms with E-state index in [1.165, 1.54) is 13.0 Å². The van der Waals surface area contributed by atoms with Crippen LogP contribution in [0.25, 0.3) is 0 Å². The van der Waals surface area contributed by atoms with E-state index < -0.39 is 16.8 Å². The highest BCUT2D eigenvalue weighted by atomic mass is 35.5. The molecule has 0 bridgehead atoms. The average Bonchev–Trinajstić information content (AvgIpc) is 2.77. The van der Waals surface area contributed by atoms with E-state index in [0.717, 1.165) is 12.5 Å². The second-order valence-corrected chi connectivity index (χ2v) is 6.67. The summed E-state index contributed by atoms with van der Waals surface area (Å²) in [6, 6.07) is 4.65. The zero-order valence-corrected chi connectivity index (χ0v) is 12.9. The fraction of sp³-hybridized carbons (Fsp3) is 0.533. The van der Waals surface area contributed by atoms with Crippen molar-refractivity contribution in [1.29, 1.82) is 5.26 Å². The lowest BCUT2D eigenvalue weighted by Gasteiger charge is -2.38. The lowest BCUT2D eigenvalue weighted by molar-refractivity contribution is -0.0439. The summed E-state index contributed by atoms with van der Waals surface area (Å²) < 4.78 is 13.7. The number of hydrogen-bond acceptors (Lipinski definition) is 2. The van der Waals surface area contributed by atoms with Gasteiger partial charge in [-0.25, -0.2) is 4.39 Å². The summed E-state index contributed by atoms with van der Waals surface area (Å²) in [6.45, 7) is 3.57. The number of nitrogens with zero attached hydrogens (tertiary/aromatic N) is 1. The highest BCUT2D eigenvalue weighted by Crippen LogP contribution is 2.54. The van der Waals surface area contributed by atoms with Crippen LogP contribution in [0.15, 0.2) is 12.1 Å². The molecular weight excluding hydrogens is 300 g/mol. The molecule has 0 saturated heterocycles. The van der Waals surface area contributed by atoms with Gasteiger partial charge in [0.05, 0.1) is 16.5 Å². The monoisotopic (exact) mass is 315 g/mol. The van der Waals surface area contributed by atoms with Gasteiger partial charge < -0.3 is 5.11 Å². The molecule has 1 N–H and O–H groups in total. The first-order valence-corrected chi connectivity index (χ1v) is 7.28. The maximum atomic E-state index is 13.7. The van der Waals surface area contributed by atoms with Crippen LogP contribution in [0.2, 0.25) is 10.0 Å². The summed E-state index contributed by atoms with van der Waals surface area (Å²) >= 11 is 11.8. The fourth-order valence-corrected chi connectivity index (χ4v) is 3.66. The molecule has 0 amide bonds. The van der Waals surface area contributed by atoms with Gasteiger partial charge >= 0.3 is 0 Å². The molecule has 3 unspecified atom stereocenters. The highest BCUT2D eigenvalue weighted by Gasteiger charge is 2.53. The Labute approximate surface area is 128 Å². The molecule has 1 saturated carbocycles. The number of aliphatic hydroxyl groups is 1. The third kappa shape index (κ3) is 2.30. The standard InChI is InChI=1S/C15H16Cl2FNO/c1-9-3-4-15(7-9,8-19)14(2,20)10-5-13(18)12(17)6-11(10)16/h5-6,9,20H,3-4,7H2,1-2H3. The smallest absolute Gasteiger partial charge is 0.142 e. The number of benzene rings is 1. The lowest BCUT2D eigenvalue weighted by Crippen LogP contribution is -2.41. The molecule has 0 aliphatic heterocycles. The summed E-state index contributed by atoms with van der Waals surface area (Å²) in [6.07, 6.45) is 1.99. The third-order valence-corrected chi connectivity index (χ3v) is 5.04. The van der Waals surface area contributed by atoms with Crippen molar-refractivity contribution in [3.05, 3.63) is 33.6 Å². The minimum Gasteiger partial charge on any atom is -0.384 e. The molecule has 1 aromatic carbocycles. The zero-order valence-electron chi connectivity index (χ0n) is 11.4. The summed E-state index contributed by atoms with van der Waals surface area (Å²) in [5.74, 6) is -0.303. The van der Waals surface area contributed by atoms with Gasteiger partial charge in [0, 0.05) is 10.6 Å². The second kappa shape index (κ2) is 5.18. The molecule has 3 atom stereocenters. The molecule has 5 heteroatoms. The fourth-order valence-electron chi connectivity index (χ4n) is 3.10. The first kappa shape index (κ1) is 15.6. The molecule has 1 aliphatic carbocycles. The minimum atomic E-state index is -1.52. The Balaban J connectivity index is 2.55. The third-order valence-electron chi connectivity index (χ3n) is 4.44. The minimum absolute atomic E-state index is 0.0969. The maximum Gasteiger partial charge on any atom is 0.142 e. The van der Waals surface area contributed by atoms with Crippen molar-refractivity contribution in [1.82, 2.24) is 0 Å². The lowest BCUT2D eigenvalue weighted by atomic mass is 9.68. The number of halogens is 3. The van der Waals surface area contributed by atoms with Crippen LogP contribution < -0.4 is 0 Å². The molecule has 1 aromatic rings. The largest absolute Gasteiger partial charge is 0.384 e. The average molecular weight is 316 g/mol. The number of nitriles is 1. The van der Waals surface area contributed by atoms with Crippen LogP contribution in [-0.4, -0.2) is 5.11 Å². The van der Waals surface area contributed by atoms with Gasteiger partial charge in [-0.1, -0.05) is 30.1 Å². The van der Waals surface area contributed by atoms with Crippen molar-refractivity contribution in [2.24, 2.45) is 11.3 Å². The first-order valence-electron chi connectivity index (χ1n) is 6.52. The topological polar surface area (TPSA) is 44.0 Å². The van der Waals surface area contributed by atoms with Crippen LogP contribution >= 0.6 is 23.2 Å². The van der Waals surface area contributed by atoms with Gasteiger partial charge in [-0.3, -0.25) is 0 Å². The Morgan fingerprint density at radius 1 is 1.45 bits per heavy atom. The van der Waals surface area contributed by atoms with E-state index in [1.807, 2.05) is 6.92 Å². The summed E-state index contributed by atoms with van der Waals surface area (Å²) in [5, 5.41) is 20.6. The van der Waals surface area contributed by atoms with Gasteiger partial charge in [-0.15, -0.1) is 0 Å². The Hall–Kier alpha value is -0.820. The Kier molecular flexibility index (Phi) is 4.03. The van der Waals surface area contributed by atoms with Crippen LogP contribution in [0.5, 0.6) is 0 Å². The van der Waals surface area contributed by atoms with Crippen molar-refractivity contribution in [2.45, 2.75) is 38.7 Å². The molecule has 1 aliphatic rings. The summed E-state index contributed by atoms with van der Waals surface area (Å²) in [5.41, 5.74) is -2.25. The predicted octanol–water partition coefficient (Wildman–Crippen LogP) is 4.67. The Morgan fingerprint density at radius 3 is 2.60 bits per heavy atom. The second-order valence-electron chi connectivity index (χ2n) is 5.86. The highest BCUT2D eigenvalue weighted by molar-refractivity contribution is 6.35. The molecule has 0 spiro atoms. The molecule has 20 heavy (non-hydrogen) atoms. The van der Waals surface area contributed by atoms with Crippen molar-refractivity contribution in [3.63, 3.8) is 0 Å². The van der Waals surface area contributed by atoms with Gasteiger partial charge in [0.25, 0.3) is 0 Å². The molecule has 0 radical (unpaired) electrons. The van der Waals surface area contributed by atoms with Gasteiger partial charge in [0.15, 0.2) is 0 Å². The number of rotatable bonds is 2.